The van der Waals surface area contributed by atoms with Crippen LogP contribution in [0.25, 0.3) is 0 Å². The highest BCUT2D eigenvalue weighted by atomic mass is 16.4. The second-order valence-corrected chi connectivity index (χ2v) is 6.63. The molecule has 0 heterocycles. The van der Waals surface area contributed by atoms with E-state index in [-0.39, 0.29) is 5.41 Å². The molecule has 0 unspecified atom stereocenters. The zero-order chi connectivity index (χ0) is 15.4. The Bertz CT molecular complexity index is 290. The maximum atomic E-state index is 10.7. The van der Waals surface area contributed by atoms with Crippen molar-refractivity contribution in [1.82, 2.24) is 0 Å². The van der Waals surface area contributed by atoms with E-state index in [0.717, 1.165) is 12.0 Å². The first kappa shape index (κ1) is 19.2. The smallest absolute Gasteiger partial charge is 0.328 e. The van der Waals surface area contributed by atoms with Crippen LogP contribution in [0, 0.1) is 5.41 Å². The molecule has 0 aromatic carbocycles. The van der Waals surface area contributed by atoms with E-state index in [2.05, 4.69) is 20.8 Å². The zero-order valence-electron chi connectivity index (χ0n) is 14.0. The summed E-state index contributed by atoms with van der Waals surface area (Å²) in [6.07, 6.45) is 14.4. The molecule has 0 bridgehead atoms. The predicted octanol–water partition coefficient (Wildman–Crippen LogP) is 5.96. The molecule has 0 rings (SSSR count). The van der Waals surface area contributed by atoms with Crippen LogP contribution < -0.4 is 0 Å². The molecule has 20 heavy (non-hydrogen) atoms. The van der Waals surface area contributed by atoms with E-state index >= 15 is 0 Å². The first-order chi connectivity index (χ1) is 9.40. The lowest BCUT2D eigenvalue weighted by atomic mass is 9.80. The summed E-state index contributed by atoms with van der Waals surface area (Å²) in [6.45, 7) is 8.48. The number of rotatable bonds is 12. The molecule has 0 atom stereocenters. The monoisotopic (exact) mass is 282 g/mol. The van der Waals surface area contributed by atoms with E-state index in [4.69, 9.17) is 5.11 Å². The van der Waals surface area contributed by atoms with Gasteiger partial charge in [0.1, 0.15) is 0 Å². The molecule has 1 N–H and O–H groups in total. The van der Waals surface area contributed by atoms with Crippen LogP contribution in [0.1, 0.15) is 91.9 Å². The Kier molecular flexibility index (Phi) is 10.5. The lowest BCUT2D eigenvalue weighted by Crippen LogP contribution is -2.14. The molecule has 0 saturated heterocycles. The summed E-state index contributed by atoms with van der Waals surface area (Å²) in [6, 6.07) is 0. The van der Waals surface area contributed by atoms with Gasteiger partial charge in [0.15, 0.2) is 0 Å². The van der Waals surface area contributed by atoms with Gasteiger partial charge in [-0.05, 0) is 18.8 Å². The van der Waals surface area contributed by atoms with Crippen molar-refractivity contribution in [3.05, 3.63) is 11.6 Å². The van der Waals surface area contributed by atoms with Gasteiger partial charge in [-0.15, -0.1) is 0 Å². The van der Waals surface area contributed by atoms with Gasteiger partial charge >= 0.3 is 5.97 Å². The molecule has 118 valence electrons. The maximum Gasteiger partial charge on any atom is 0.328 e. The number of hydrogen-bond donors (Lipinski definition) is 1. The molecule has 2 nitrogen and oxygen atoms in total. The molecule has 0 aromatic heterocycles. The third-order valence-corrected chi connectivity index (χ3v) is 4.31. The number of aliphatic carboxylic acids is 1. The Morgan fingerprint density at radius 2 is 1.40 bits per heavy atom. The molecule has 0 aromatic rings. The minimum atomic E-state index is -0.831. The van der Waals surface area contributed by atoms with Crippen LogP contribution in [0.4, 0.5) is 0 Å². The molecular formula is C18H34O2. The lowest BCUT2D eigenvalue weighted by molar-refractivity contribution is -0.131. The summed E-state index contributed by atoms with van der Waals surface area (Å²) in [7, 11) is 0. The topological polar surface area (TPSA) is 37.3 Å². The Morgan fingerprint density at radius 1 is 0.950 bits per heavy atom. The van der Waals surface area contributed by atoms with Crippen molar-refractivity contribution in [2.24, 2.45) is 5.41 Å². The van der Waals surface area contributed by atoms with Gasteiger partial charge in [-0.1, -0.05) is 84.1 Å². The minimum absolute atomic E-state index is 0.0134. The van der Waals surface area contributed by atoms with Crippen molar-refractivity contribution in [2.45, 2.75) is 91.9 Å². The summed E-state index contributed by atoms with van der Waals surface area (Å²) in [5.74, 6) is -0.831. The second kappa shape index (κ2) is 10.9. The first-order valence-electron chi connectivity index (χ1n) is 8.32. The average molecular weight is 282 g/mol. The molecule has 2 heteroatoms. The third kappa shape index (κ3) is 10.1. The number of carboxylic acids is 1. The largest absolute Gasteiger partial charge is 0.478 e. The fourth-order valence-electron chi connectivity index (χ4n) is 2.46. The molecule has 0 spiro atoms. The van der Waals surface area contributed by atoms with E-state index in [0.29, 0.717) is 0 Å². The Labute approximate surface area is 125 Å². The predicted molar refractivity (Wildman–Crippen MR) is 87.0 cm³/mol. The number of carbonyl (C=O) groups is 1. The highest BCUT2D eigenvalue weighted by molar-refractivity contribution is 5.80. The Morgan fingerprint density at radius 3 is 1.85 bits per heavy atom. The summed E-state index contributed by atoms with van der Waals surface area (Å²) in [5.41, 5.74) is 0.990. The Hall–Kier alpha value is -0.790. The van der Waals surface area contributed by atoms with Crippen molar-refractivity contribution < 1.29 is 9.90 Å². The standard InChI is InChI=1S/C18H34O2/c1-5-6-7-8-9-10-11-12-13-14-18(3,4)16(2)15-17(19)20/h15H,5-14H2,1-4H3,(H,19,20)/b16-15+. The highest BCUT2D eigenvalue weighted by Crippen LogP contribution is 2.32. The van der Waals surface area contributed by atoms with Crippen LogP contribution in [0.5, 0.6) is 0 Å². The van der Waals surface area contributed by atoms with Gasteiger partial charge in [-0.25, -0.2) is 4.79 Å². The Balaban J connectivity index is 3.66. The highest BCUT2D eigenvalue weighted by Gasteiger charge is 2.20. The number of carboxylic acid groups (broad SMARTS) is 1. The number of unbranched alkanes of at least 4 members (excludes halogenated alkanes) is 8. The summed E-state index contributed by atoms with van der Waals surface area (Å²) in [4.78, 5) is 10.7. The van der Waals surface area contributed by atoms with Crippen LogP contribution in [0.15, 0.2) is 11.6 Å². The van der Waals surface area contributed by atoms with Crippen LogP contribution >= 0.6 is 0 Å². The molecule has 0 aliphatic heterocycles. The molecule has 0 aliphatic carbocycles. The fourth-order valence-corrected chi connectivity index (χ4v) is 2.46. The summed E-state index contributed by atoms with van der Waals surface area (Å²) in [5, 5.41) is 8.80. The van der Waals surface area contributed by atoms with Crippen LogP contribution in [0.3, 0.4) is 0 Å². The van der Waals surface area contributed by atoms with E-state index < -0.39 is 5.97 Å². The quantitative estimate of drug-likeness (QED) is 0.354. The molecule has 0 radical (unpaired) electrons. The van der Waals surface area contributed by atoms with Crippen LogP contribution in [-0.4, -0.2) is 11.1 Å². The van der Waals surface area contributed by atoms with E-state index in [1.807, 2.05) is 6.92 Å². The van der Waals surface area contributed by atoms with Crippen LogP contribution in [0.2, 0.25) is 0 Å². The molecule has 0 aliphatic rings. The van der Waals surface area contributed by atoms with Crippen molar-refractivity contribution in [2.75, 3.05) is 0 Å². The number of allylic oxidation sites excluding steroid dienone is 1. The van der Waals surface area contributed by atoms with Gasteiger partial charge in [0, 0.05) is 6.08 Å². The lowest BCUT2D eigenvalue weighted by Gasteiger charge is -2.25. The van der Waals surface area contributed by atoms with Crippen LogP contribution in [-0.2, 0) is 4.79 Å². The van der Waals surface area contributed by atoms with E-state index in [9.17, 15) is 4.79 Å². The molecule has 0 saturated carbocycles. The third-order valence-electron chi connectivity index (χ3n) is 4.31. The summed E-state index contributed by atoms with van der Waals surface area (Å²) >= 11 is 0. The molecule has 0 fully saturated rings. The van der Waals surface area contributed by atoms with Gasteiger partial charge in [0.05, 0.1) is 0 Å². The first-order valence-corrected chi connectivity index (χ1v) is 8.32. The van der Waals surface area contributed by atoms with Gasteiger partial charge in [-0.2, -0.15) is 0 Å². The SMILES string of the molecule is CCCCCCCCCCCC(C)(C)/C(C)=C/C(=O)O. The zero-order valence-corrected chi connectivity index (χ0v) is 14.0. The normalized spacial score (nSPS) is 12.7. The van der Waals surface area contributed by atoms with Crippen molar-refractivity contribution in [3.8, 4) is 0 Å². The van der Waals surface area contributed by atoms with E-state index in [1.165, 1.54) is 63.9 Å². The minimum Gasteiger partial charge on any atom is -0.478 e. The summed E-state index contributed by atoms with van der Waals surface area (Å²) < 4.78 is 0. The fraction of sp³-hybridized carbons (Fsp3) is 0.833. The van der Waals surface area contributed by atoms with Gasteiger partial charge < -0.3 is 5.11 Å². The molecule has 0 amide bonds. The van der Waals surface area contributed by atoms with Crippen molar-refractivity contribution in [1.29, 1.82) is 0 Å². The molecular weight excluding hydrogens is 248 g/mol. The van der Waals surface area contributed by atoms with Gasteiger partial charge in [-0.3, -0.25) is 0 Å². The number of hydrogen-bond acceptors (Lipinski definition) is 1. The second-order valence-electron chi connectivity index (χ2n) is 6.63. The average Bonchev–Trinajstić information content (AvgIpc) is 2.36. The van der Waals surface area contributed by atoms with Gasteiger partial charge in [0.2, 0.25) is 0 Å². The van der Waals surface area contributed by atoms with Gasteiger partial charge in [0.25, 0.3) is 0 Å². The van der Waals surface area contributed by atoms with E-state index in [1.54, 1.807) is 0 Å². The maximum absolute atomic E-state index is 10.7. The van der Waals surface area contributed by atoms with Crippen molar-refractivity contribution >= 4 is 5.97 Å². The van der Waals surface area contributed by atoms with Crippen molar-refractivity contribution in [3.63, 3.8) is 0 Å².